The van der Waals surface area contributed by atoms with Gasteiger partial charge in [0.2, 0.25) is 0 Å². The van der Waals surface area contributed by atoms with Crippen LogP contribution in [-0.2, 0) is 4.74 Å². The highest BCUT2D eigenvalue weighted by atomic mass is 16.5. The first kappa shape index (κ1) is 13.3. The molecule has 1 atom stereocenters. The SMILES string of the molecule is Cc1ccccc1C(=O)OC[C@H](O)c1ccccc1. The lowest BCUT2D eigenvalue weighted by Crippen LogP contribution is -2.13. The minimum absolute atomic E-state index is 0.0445. The lowest BCUT2D eigenvalue weighted by Gasteiger charge is -2.12. The zero-order chi connectivity index (χ0) is 13.7. The first-order chi connectivity index (χ1) is 9.18. The third kappa shape index (κ3) is 3.42. The molecule has 3 nitrogen and oxygen atoms in total. The topological polar surface area (TPSA) is 46.5 Å². The maximum Gasteiger partial charge on any atom is 0.338 e. The molecule has 0 saturated carbocycles. The van der Waals surface area contributed by atoms with Gasteiger partial charge in [-0.3, -0.25) is 0 Å². The van der Waals surface area contributed by atoms with Gasteiger partial charge >= 0.3 is 5.97 Å². The molecular weight excluding hydrogens is 240 g/mol. The maximum atomic E-state index is 11.9. The predicted molar refractivity (Wildman–Crippen MR) is 72.9 cm³/mol. The van der Waals surface area contributed by atoms with Crippen molar-refractivity contribution in [2.24, 2.45) is 0 Å². The van der Waals surface area contributed by atoms with E-state index < -0.39 is 12.1 Å². The van der Waals surface area contributed by atoms with Crippen molar-refractivity contribution in [2.45, 2.75) is 13.0 Å². The van der Waals surface area contributed by atoms with Gasteiger partial charge in [0.1, 0.15) is 12.7 Å². The van der Waals surface area contributed by atoms with Crippen LogP contribution in [0, 0.1) is 6.92 Å². The summed E-state index contributed by atoms with van der Waals surface area (Å²) in [6.45, 7) is 1.81. The van der Waals surface area contributed by atoms with Crippen LogP contribution in [0.2, 0.25) is 0 Å². The summed E-state index contributed by atoms with van der Waals surface area (Å²) in [7, 11) is 0. The first-order valence-corrected chi connectivity index (χ1v) is 6.14. The molecule has 0 fully saturated rings. The van der Waals surface area contributed by atoms with E-state index in [2.05, 4.69) is 0 Å². The van der Waals surface area contributed by atoms with Gasteiger partial charge in [-0.15, -0.1) is 0 Å². The summed E-state index contributed by atoms with van der Waals surface area (Å²) >= 11 is 0. The van der Waals surface area contributed by atoms with Crippen LogP contribution < -0.4 is 0 Å². The quantitative estimate of drug-likeness (QED) is 0.856. The number of hydrogen-bond acceptors (Lipinski definition) is 3. The Morgan fingerprint density at radius 1 is 1.11 bits per heavy atom. The number of carbonyl (C=O) groups is 1. The largest absolute Gasteiger partial charge is 0.459 e. The average molecular weight is 256 g/mol. The minimum Gasteiger partial charge on any atom is -0.459 e. The molecule has 0 bridgehead atoms. The third-order valence-electron chi connectivity index (χ3n) is 2.92. The zero-order valence-corrected chi connectivity index (χ0v) is 10.7. The molecule has 2 aromatic rings. The van der Waals surface area contributed by atoms with Crippen molar-refractivity contribution < 1.29 is 14.6 Å². The molecule has 0 heterocycles. The van der Waals surface area contributed by atoms with E-state index in [4.69, 9.17) is 4.74 Å². The molecular formula is C16H16O3. The molecule has 0 spiro atoms. The van der Waals surface area contributed by atoms with Crippen molar-refractivity contribution in [1.29, 1.82) is 0 Å². The van der Waals surface area contributed by atoms with Gasteiger partial charge in [-0.25, -0.2) is 4.79 Å². The second-order valence-corrected chi connectivity index (χ2v) is 4.34. The Kier molecular flexibility index (Phi) is 4.31. The van der Waals surface area contributed by atoms with Crippen LogP contribution in [0.1, 0.15) is 27.6 Å². The van der Waals surface area contributed by atoms with Crippen LogP contribution in [0.3, 0.4) is 0 Å². The Labute approximate surface area is 112 Å². The Morgan fingerprint density at radius 3 is 2.42 bits per heavy atom. The summed E-state index contributed by atoms with van der Waals surface area (Å²) in [6.07, 6.45) is -0.797. The normalized spacial score (nSPS) is 11.9. The maximum absolute atomic E-state index is 11.9. The number of rotatable bonds is 4. The summed E-state index contributed by atoms with van der Waals surface area (Å²) in [4.78, 5) is 11.9. The van der Waals surface area contributed by atoms with Gasteiger partial charge < -0.3 is 9.84 Å². The lowest BCUT2D eigenvalue weighted by atomic mass is 10.1. The first-order valence-electron chi connectivity index (χ1n) is 6.14. The molecule has 0 saturated heterocycles. The van der Waals surface area contributed by atoms with Crippen molar-refractivity contribution in [3.63, 3.8) is 0 Å². The third-order valence-corrected chi connectivity index (χ3v) is 2.92. The fourth-order valence-electron chi connectivity index (χ4n) is 1.81. The molecule has 19 heavy (non-hydrogen) atoms. The molecule has 2 aromatic carbocycles. The lowest BCUT2D eigenvalue weighted by molar-refractivity contribution is 0.0253. The van der Waals surface area contributed by atoms with Crippen LogP contribution >= 0.6 is 0 Å². The molecule has 0 unspecified atom stereocenters. The number of aryl methyl sites for hydroxylation is 1. The van der Waals surface area contributed by atoms with Crippen LogP contribution in [-0.4, -0.2) is 17.7 Å². The Hall–Kier alpha value is -2.13. The van der Waals surface area contributed by atoms with E-state index in [-0.39, 0.29) is 6.61 Å². The molecule has 3 heteroatoms. The molecule has 2 rings (SSSR count). The summed E-state index contributed by atoms with van der Waals surface area (Å²) in [5, 5.41) is 9.91. The smallest absolute Gasteiger partial charge is 0.338 e. The fourth-order valence-corrected chi connectivity index (χ4v) is 1.81. The average Bonchev–Trinajstić information content (AvgIpc) is 2.46. The van der Waals surface area contributed by atoms with Gasteiger partial charge in [-0.1, -0.05) is 48.5 Å². The highest BCUT2D eigenvalue weighted by molar-refractivity contribution is 5.90. The van der Waals surface area contributed by atoms with E-state index in [0.29, 0.717) is 5.56 Å². The highest BCUT2D eigenvalue weighted by Gasteiger charge is 2.13. The summed E-state index contributed by atoms with van der Waals surface area (Å²) in [5.41, 5.74) is 2.13. The Balaban J connectivity index is 1.96. The fraction of sp³-hybridized carbons (Fsp3) is 0.188. The van der Waals surface area contributed by atoms with Crippen molar-refractivity contribution in [2.75, 3.05) is 6.61 Å². The van der Waals surface area contributed by atoms with Gasteiger partial charge in [-0.2, -0.15) is 0 Å². The van der Waals surface area contributed by atoms with Crippen LogP contribution in [0.5, 0.6) is 0 Å². The molecule has 0 aliphatic carbocycles. The van der Waals surface area contributed by atoms with Gasteiger partial charge in [0, 0.05) is 0 Å². The highest BCUT2D eigenvalue weighted by Crippen LogP contribution is 2.14. The minimum atomic E-state index is -0.797. The Morgan fingerprint density at radius 2 is 1.74 bits per heavy atom. The van der Waals surface area contributed by atoms with Crippen molar-refractivity contribution in [1.82, 2.24) is 0 Å². The molecule has 0 amide bonds. The number of hydrogen-bond donors (Lipinski definition) is 1. The number of carbonyl (C=O) groups excluding carboxylic acids is 1. The predicted octanol–water partition coefficient (Wildman–Crippen LogP) is 2.89. The number of esters is 1. The zero-order valence-electron chi connectivity index (χ0n) is 10.7. The monoisotopic (exact) mass is 256 g/mol. The number of ether oxygens (including phenoxy) is 1. The molecule has 0 radical (unpaired) electrons. The second-order valence-electron chi connectivity index (χ2n) is 4.34. The summed E-state index contributed by atoms with van der Waals surface area (Å²) < 4.78 is 5.14. The van der Waals surface area contributed by atoms with Crippen molar-refractivity contribution >= 4 is 5.97 Å². The van der Waals surface area contributed by atoms with E-state index in [0.717, 1.165) is 11.1 Å². The number of benzene rings is 2. The van der Waals surface area contributed by atoms with Crippen LogP contribution in [0.4, 0.5) is 0 Å². The van der Waals surface area contributed by atoms with Gasteiger partial charge in [-0.05, 0) is 24.1 Å². The van der Waals surface area contributed by atoms with Gasteiger partial charge in [0.05, 0.1) is 5.56 Å². The number of aliphatic hydroxyl groups is 1. The van der Waals surface area contributed by atoms with E-state index in [1.807, 2.05) is 37.3 Å². The van der Waals surface area contributed by atoms with Crippen molar-refractivity contribution in [3.05, 3.63) is 71.3 Å². The molecule has 0 aromatic heterocycles. The number of aliphatic hydroxyl groups excluding tert-OH is 1. The summed E-state index contributed by atoms with van der Waals surface area (Å²) in [6, 6.07) is 16.4. The molecule has 0 aliphatic rings. The van der Waals surface area contributed by atoms with E-state index in [1.54, 1.807) is 24.3 Å². The van der Waals surface area contributed by atoms with Gasteiger partial charge in [0.25, 0.3) is 0 Å². The van der Waals surface area contributed by atoms with E-state index >= 15 is 0 Å². The van der Waals surface area contributed by atoms with Crippen LogP contribution in [0.15, 0.2) is 54.6 Å². The Bertz CT molecular complexity index is 549. The summed E-state index contributed by atoms with van der Waals surface area (Å²) in [5.74, 6) is -0.409. The standard InChI is InChI=1S/C16H16O3/c1-12-7-5-6-10-14(12)16(18)19-11-15(17)13-8-3-2-4-9-13/h2-10,15,17H,11H2,1H3/t15-/m0/s1. The molecule has 1 N–H and O–H groups in total. The molecule has 0 aliphatic heterocycles. The van der Waals surface area contributed by atoms with Crippen LogP contribution in [0.25, 0.3) is 0 Å². The van der Waals surface area contributed by atoms with E-state index in [9.17, 15) is 9.90 Å². The molecule has 98 valence electrons. The van der Waals surface area contributed by atoms with E-state index in [1.165, 1.54) is 0 Å². The van der Waals surface area contributed by atoms with Crippen molar-refractivity contribution in [3.8, 4) is 0 Å². The second kappa shape index (κ2) is 6.16. The van der Waals surface area contributed by atoms with Gasteiger partial charge in [0.15, 0.2) is 0 Å².